The van der Waals surface area contributed by atoms with Crippen molar-refractivity contribution in [3.63, 3.8) is 0 Å². The average molecular weight is 236 g/mol. The fourth-order valence-electron chi connectivity index (χ4n) is 2.48. The Morgan fingerprint density at radius 1 is 1.29 bits per heavy atom. The average Bonchev–Trinajstić information content (AvgIpc) is 2.15. The lowest BCUT2D eigenvalue weighted by Gasteiger charge is -2.34. The number of carboxylic acid groups (broad SMARTS) is 1. The Kier molecular flexibility index (Phi) is 3.94. The summed E-state index contributed by atoms with van der Waals surface area (Å²) in [4.78, 5) is 11.3. The lowest BCUT2D eigenvalue weighted by atomic mass is 9.75. The van der Waals surface area contributed by atoms with Crippen LogP contribution in [0.3, 0.4) is 0 Å². The van der Waals surface area contributed by atoms with E-state index in [1.54, 1.807) is 13.0 Å². The highest BCUT2D eigenvalue weighted by atomic mass is 16.4. The molecule has 0 bridgehead atoms. The van der Waals surface area contributed by atoms with Crippen molar-refractivity contribution in [2.75, 3.05) is 0 Å². The Bertz CT molecular complexity index is 408. The zero-order chi connectivity index (χ0) is 13.2. The first-order valence-electron chi connectivity index (χ1n) is 5.79. The third kappa shape index (κ3) is 2.67. The van der Waals surface area contributed by atoms with Gasteiger partial charge in [-0.05, 0) is 30.9 Å². The van der Waals surface area contributed by atoms with Crippen molar-refractivity contribution in [2.24, 2.45) is 11.8 Å². The van der Waals surface area contributed by atoms with Gasteiger partial charge in [0, 0.05) is 0 Å². The molecule has 0 saturated carbocycles. The van der Waals surface area contributed by atoms with Gasteiger partial charge in [-0.2, -0.15) is 0 Å². The minimum Gasteiger partial charge on any atom is -0.481 e. The van der Waals surface area contributed by atoms with Crippen molar-refractivity contribution < 1.29 is 15.0 Å². The molecular weight excluding hydrogens is 216 g/mol. The molecule has 1 aromatic carbocycles. The van der Waals surface area contributed by atoms with Crippen LogP contribution in [0.25, 0.3) is 0 Å². The SMILES string of the molecule is Cc1ccccc1C(C)(O)C(C(=O)O)C(C)C. The van der Waals surface area contributed by atoms with Gasteiger partial charge in [0.1, 0.15) is 5.60 Å². The number of aliphatic hydroxyl groups is 1. The van der Waals surface area contributed by atoms with Gasteiger partial charge in [0.2, 0.25) is 0 Å². The molecule has 0 aliphatic carbocycles. The molecule has 3 heteroatoms. The zero-order valence-corrected chi connectivity index (χ0v) is 10.8. The summed E-state index contributed by atoms with van der Waals surface area (Å²) in [5.41, 5.74) is 0.233. The van der Waals surface area contributed by atoms with Crippen LogP contribution in [0.15, 0.2) is 24.3 Å². The van der Waals surface area contributed by atoms with E-state index < -0.39 is 17.5 Å². The molecule has 0 spiro atoms. The molecule has 2 unspecified atom stereocenters. The molecule has 0 saturated heterocycles. The monoisotopic (exact) mass is 236 g/mol. The Morgan fingerprint density at radius 3 is 2.24 bits per heavy atom. The van der Waals surface area contributed by atoms with Crippen molar-refractivity contribution >= 4 is 5.97 Å². The largest absolute Gasteiger partial charge is 0.481 e. The number of aliphatic carboxylic acids is 1. The van der Waals surface area contributed by atoms with Crippen molar-refractivity contribution in [3.05, 3.63) is 35.4 Å². The molecule has 17 heavy (non-hydrogen) atoms. The summed E-state index contributed by atoms with van der Waals surface area (Å²) < 4.78 is 0. The molecule has 2 N–H and O–H groups in total. The van der Waals surface area contributed by atoms with E-state index >= 15 is 0 Å². The summed E-state index contributed by atoms with van der Waals surface area (Å²) in [6, 6.07) is 7.35. The number of aryl methyl sites for hydroxylation is 1. The van der Waals surface area contributed by atoms with Crippen LogP contribution in [0.1, 0.15) is 31.9 Å². The van der Waals surface area contributed by atoms with Gasteiger partial charge in [-0.25, -0.2) is 0 Å². The second-order valence-electron chi connectivity index (χ2n) is 5.02. The fraction of sp³-hybridized carbons (Fsp3) is 0.500. The molecule has 0 heterocycles. The summed E-state index contributed by atoms with van der Waals surface area (Å²) in [5.74, 6) is -1.92. The summed E-state index contributed by atoms with van der Waals surface area (Å²) in [6.45, 7) is 7.08. The second-order valence-corrected chi connectivity index (χ2v) is 5.02. The van der Waals surface area contributed by atoms with Gasteiger partial charge in [0.15, 0.2) is 0 Å². The maximum Gasteiger partial charge on any atom is 0.310 e. The third-order valence-corrected chi connectivity index (χ3v) is 3.23. The molecule has 0 aliphatic heterocycles. The number of hydrogen-bond acceptors (Lipinski definition) is 2. The number of carbonyl (C=O) groups is 1. The van der Waals surface area contributed by atoms with Crippen LogP contribution in [0, 0.1) is 18.8 Å². The maximum atomic E-state index is 11.3. The number of benzene rings is 1. The molecule has 2 atom stereocenters. The van der Waals surface area contributed by atoms with Crippen LogP contribution >= 0.6 is 0 Å². The highest BCUT2D eigenvalue weighted by Crippen LogP contribution is 2.35. The van der Waals surface area contributed by atoms with Crippen molar-refractivity contribution in [2.45, 2.75) is 33.3 Å². The molecule has 3 nitrogen and oxygen atoms in total. The minimum absolute atomic E-state index is 0.137. The molecule has 0 amide bonds. The predicted molar refractivity (Wildman–Crippen MR) is 66.7 cm³/mol. The topological polar surface area (TPSA) is 57.5 Å². The van der Waals surface area contributed by atoms with Crippen LogP contribution < -0.4 is 0 Å². The third-order valence-electron chi connectivity index (χ3n) is 3.23. The van der Waals surface area contributed by atoms with Crippen LogP contribution in [-0.4, -0.2) is 16.2 Å². The fourth-order valence-corrected chi connectivity index (χ4v) is 2.48. The summed E-state index contributed by atoms with van der Waals surface area (Å²) >= 11 is 0. The molecule has 0 radical (unpaired) electrons. The Morgan fingerprint density at radius 2 is 1.82 bits per heavy atom. The number of carboxylic acids is 1. The first kappa shape index (κ1) is 13.7. The molecule has 0 aliphatic rings. The summed E-state index contributed by atoms with van der Waals surface area (Å²) in [6.07, 6.45) is 0. The van der Waals surface area contributed by atoms with E-state index in [-0.39, 0.29) is 5.92 Å². The van der Waals surface area contributed by atoms with Gasteiger partial charge < -0.3 is 10.2 Å². The van der Waals surface area contributed by atoms with E-state index in [1.165, 1.54) is 0 Å². The number of rotatable bonds is 4. The molecule has 94 valence electrons. The van der Waals surface area contributed by atoms with E-state index in [9.17, 15) is 15.0 Å². The normalized spacial score (nSPS) is 16.6. The van der Waals surface area contributed by atoms with Crippen LogP contribution in [0.4, 0.5) is 0 Å². The minimum atomic E-state index is -1.36. The standard InChI is InChI=1S/C14H20O3/c1-9(2)12(13(15)16)14(4,17)11-8-6-5-7-10(11)3/h5-9,12,17H,1-4H3,(H,15,16). The first-order valence-corrected chi connectivity index (χ1v) is 5.79. The second kappa shape index (κ2) is 4.88. The van der Waals surface area contributed by atoms with E-state index in [2.05, 4.69) is 0 Å². The number of hydrogen-bond donors (Lipinski definition) is 2. The summed E-state index contributed by atoms with van der Waals surface area (Å²) in [5, 5.41) is 19.9. The molecule has 1 rings (SSSR count). The molecule has 1 aromatic rings. The predicted octanol–water partition coefficient (Wildman–Crippen LogP) is 2.56. The van der Waals surface area contributed by atoms with E-state index in [0.29, 0.717) is 5.56 Å². The van der Waals surface area contributed by atoms with Crippen LogP contribution in [0.5, 0.6) is 0 Å². The smallest absolute Gasteiger partial charge is 0.310 e. The van der Waals surface area contributed by atoms with E-state index in [1.807, 2.05) is 39.0 Å². The molecular formula is C14H20O3. The van der Waals surface area contributed by atoms with Crippen molar-refractivity contribution in [1.29, 1.82) is 0 Å². The van der Waals surface area contributed by atoms with Gasteiger partial charge in [0.05, 0.1) is 5.92 Å². The maximum absolute atomic E-state index is 11.3. The highest BCUT2D eigenvalue weighted by molar-refractivity contribution is 5.72. The summed E-state index contributed by atoms with van der Waals surface area (Å²) in [7, 11) is 0. The van der Waals surface area contributed by atoms with Crippen molar-refractivity contribution in [1.82, 2.24) is 0 Å². The van der Waals surface area contributed by atoms with Crippen LogP contribution in [-0.2, 0) is 10.4 Å². The van der Waals surface area contributed by atoms with Gasteiger partial charge >= 0.3 is 5.97 Å². The molecule has 0 aromatic heterocycles. The van der Waals surface area contributed by atoms with Crippen LogP contribution in [0.2, 0.25) is 0 Å². The quantitative estimate of drug-likeness (QED) is 0.844. The van der Waals surface area contributed by atoms with Gasteiger partial charge in [-0.3, -0.25) is 4.79 Å². The van der Waals surface area contributed by atoms with Gasteiger partial charge in [-0.1, -0.05) is 38.1 Å². The van der Waals surface area contributed by atoms with E-state index in [4.69, 9.17) is 0 Å². The van der Waals surface area contributed by atoms with Crippen molar-refractivity contribution in [3.8, 4) is 0 Å². The van der Waals surface area contributed by atoms with Gasteiger partial charge in [-0.15, -0.1) is 0 Å². The lowest BCUT2D eigenvalue weighted by Crippen LogP contribution is -2.41. The molecule has 0 fully saturated rings. The highest BCUT2D eigenvalue weighted by Gasteiger charge is 2.41. The Balaban J connectivity index is 3.26. The van der Waals surface area contributed by atoms with Gasteiger partial charge in [0.25, 0.3) is 0 Å². The zero-order valence-electron chi connectivity index (χ0n) is 10.8. The lowest BCUT2D eigenvalue weighted by molar-refractivity contribution is -0.155. The Hall–Kier alpha value is -1.35. The first-order chi connectivity index (χ1) is 7.78. The Labute approximate surface area is 102 Å². The van der Waals surface area contributed by atoms with E-state index in [0.717, 1.165) is 5.56 Å².